The van der Waals surface area contributed by atoms with Crippen LogP contribution in [0, 0.1) is 12.8 Å². The average Bonchev–Trinajstić information content (AvgIpc) is 3.34. The van der Waals surface area contributed by atoms with Gasteiger partial charge in [0.25, 0.3) is 0 Å². The first-order valence-electron chi connectivity index (χ1n) is 10.8. The quantitative estimate of drug-likeness (QED) is 0.532. The van der Waals surface area contributed by atoms with E-state index in [9.17, 15) is 18.0 Å². The molecule has 3 fully saturated rings. The zero-order chi connectivity index (χ0) is 24.0. The molecule has 0 unspecified atom stereocenters. The molecular weight excluding hydrogens is 471 g/mol. The molecular formula is C22H21ClF3N7O. The molecule has 3 atom stereocenters. The number of alkyl halides is 3. The van der Waals surface area contributed by atoms with Gasteiger partial charge in [0, 0.05) is 18.8 Å². The van der Waals surface area contributed by atoms with Crippen LogP contribution in [0.3, 0.4) is 0 Å². The molecule has 6 rings (SSSR count). The summed E-state index contributed by atoms with van der Waals surface area (Å²) in [6.45, 7) is 2.69. The largest absolute Gasteiger partial charge is 0.417 e. The van der Waals surface area contributed by atoms with E-state index in [1.165, 1.54) is 17.2 Å². The van der Waals surface area contributed by atoms with Gasteiger partial charge in [0.15, 0.2) is 12.1 Å². The number of anilines is 2. The Hall–Kier alpha value is -3.21. The highest BCUT2D eigenvalue weighted by molar-refractivity contribution is 6.33. The number of nitrogens with one attached hydrogen (secondary N) is 1. The number of carbonyl (C=O) groups excluding carboxylic acids is 1. The second-order valence-electron chi connectivity index (χ2n) is 8.68. The maximum atomic E-state index is 13.0. The number of hydrogen-bond donors (Lipinski definition) is 1. The van der Waals surface area contributed by atoms with E-state index in [0.29, 0.717) is 17.3 Å². The molecule has 2 bridgehead atoms. The van der Waals surface area contributed by atoms with Gasteiger partial charge >= 0.3 is 6.18 Å². The average molecular weight is 492 g/mol. The highest BCUT2D eigenvalue weighted by Gasteiger charge is 2.42. The lowest BCUT2D eigenvalue weighted by atomic mass is 9.76. The van der Waals surface area contributed by atoms with Crippen molar-refractivity contribution in [3.05, 3.63) is 52.4 Å². The smallest absolute Gasteiger partial charge is 0.364 e. The standard InChI is InChI=1S/C22H21ClF3N7O/c1-12-6-14(11-34)21(33-28-4-5-29-33)31-20(12)32-10-13-2-3-18(32)17(7-13)30-19-16(23)8-15(9-27-19)22(24,25)26/h4-6,8-9,11,13,17-18H,2-3,7,10H2,1H3,(H,27,30)/t13-,17-,18+/m1/s1. The van der Waals surface area contributed by atoms with Gasteiger partial charge in [-0.3, -0.25) is 4.79 Å². The fraction of sp³-hybridized carbons (Fsp3) is 0.409. The van der Waals surface area contributed by atoms with Gasteiger partial charge in [-0.15, -0.1) is 4.80 Å². The number of halogens is 4. The summed E-state index contributed by atoms with van der Waals surface area (Å²) >= 11 is 6.15. The molecule has 1 N–H and O–H groups in total. The molecule has 1 aliphatic carbocycles. The van der Waals surface area contributed by atoms with Crippen LogP contribution in [0.1, 0.15) is 40.7 Å². The first kappa shape index (κ1) is 22.6. The molecule has 3 aliphatic rings. The number of rotatable bonds is 5. The van der Waals surface area contributed by atoms with Gasteiger partial charge in [0.1, 0.15) is 11.6 Å². The van der Waals surface area contributed by atoms with Crippen LogP contribution in [-0.4, -0.2) is 49.9 Å². The Labute approximate surface area is 198 Å². The Bertz CT molecular complexity index is 1220. The topological polar surface area (TPSA) is 88.8 Å². The summed E-state index contributed by atoms with van der Waals surface area (Å²) in [5, 5.41) is 11.4. The van der Waals surface area contributed by atoms with Crippen LogP contribution in [0.2, 0.25) is 5.02 Å². The maximum Gasteiger partial charge on any atom is 0.417 e. The molecule has 2 saturated heterocycles. The van der Waals surface area contributed by atoms with E-state index < -0.39 is 11.7 Å². The number of fused-ring (bicyclic) bond motifs is 3. The van der Waals surface area contributed by atoms with Crippen molar-refractivity contribution in [1.82, 2.24) is 25.0 Å². The summed E-state index contributed by atoms with van der Waals surface area (Å²) in [5.41, 5.74) is 0.342. The lowest BCUT2D eigenvalue weighted by Gasteiger charge is -2.51. The molecule has 3 aromatic rings. The minimum absolute atomic E-state index is 0.0249. The first-order valence-corrected chi connectivity index (χ1v) is 11.2. The Balaban J connectivity index is 1.45. The lowest BCUT2D eigenvalue weighted by molar-refractivity contribution is -0.137. The highest BCUT2D eigenvalue weighted by atomic mass is 35.5. The molecule has 34 heavy (non-hydrogen) atoms. The van der Waals surface area contributed by atoms with Gasteiger partial charge in [-0.1, -0.05) is 11.6 Å². The van der Waals surface area contributed by atoms with Crippen molar-refractivity contribution in [2.45, 2.75) is 44.4 Å². The summed E-state index contributed by atoms with van der Waals surface area (Å²) in [4.78, 5) is 23.9. The van der Waals surface area contributed by atoms with Gasteiger partial charge in [0.2, 0.25) is 0 Å². The summed E-state index contributed by atoms with van der Waals surface area (Å²) in [6.07, 6.45) is 2.82. The second kappa shape index (κ2) is 8.53. The minimum atomic E-state index is -4.51. The maximum absolute atomic E-state index is 13.0. The lowest BCUT2D eigenvalue weighted by Crippen LogP contribution is -2.58. The third-order valence-electron chi connectivity index (χ3n) is 6.47. The second-order valence-corrected chi connectivity index (χ2v) is 9.09. The molecule has 0 aromatic carbocycles. The van der Waals surface area contributed by atoms with Crippen molar-refractivity contribution in [2.75, 3.05) is 16.8 Å². The van der Waals surface area contributed by atoms with Crippen LogP contribution < -0.4 is 10.2 Å². The minimum Gasteiger partial charge on any atom is -0.364 e. The van der Waals surface area contributed by atoms with Crippen molar-refractivity contribution in [2.24, 2.45) is 5.92 Å². The molecule has 8 nitrogen and oxygen atoms in total. The van der Waals surface area contributed by atoms with E-state index in [0.717, 1.165) is 55.7 Å². The Kier molecular flexibility index (Phi) is 5.67. The van der Waals surface area contributed by atoms with Crippen LogP contribution in [0.5, 0.6) is 0 Å². The normalized spacial score (nSPS) is 22.1. The Morgan fingerprint density at radius 3 is 2.59 bits per heavy atom. The number of nitrogens with zero attached hydrogens (tertiary/aromatic N) is 6. The number of carbonyl (C=O) groups is 1. The summed E-state index contributed by atoms with van der Waals surface area (Å²) in [7, 11) is 0. The number of aryl methyl sites for hydroxylation is 1. The molecule has 0 radical (unpaired) electrons. The van der Waals surface area contributed by atoms with Crippen molar-refractivity contribution < 1.29 is 18.0 Å². The Morgan fingerprint density at radius 2 is 1.94 bits per heavy atom. The van der Waals surface area contributed by atoms with Gasteiger partial charge < -0.3 is 10.2 Å². The van der Waals surface area contributed by atoms with Gasteiger partial charge in [-0.25, -0.2) is 9.97 Å². The van der Waals surface area contributed by atoms with Crippen LogP contribution in [0.4, 0.5) is 24.8 Å². The molecule has 5 heterocycles. The first-order chi connectivity index (χ1) is 16.2. The van der Waals surface area contributed by atoms with Crippen LogP contribution in [0.25, 0.3) is 5.82 Å². The van der Waals surface area contributed by atoms with Crippen LogP contribution in [0.15, 0.2) is 30.7 Å². The third-order valence-corrected chi connectivity index (χ3v) is 6.76. The number of piperidine rings is 2. The van der Waals surface area contributed by atoms with E-state index in [-0.39, 0.29) is 22.9 Å². The monoisotopic (exact) mass is 491 g/mol. The van der Waals surface area contributed by atoms with E-state index in [1.54, 1.807) is 6.07 Å². The Morgan fingerprint density at radius 1 is 1.18 bits per heavy atom. The van der Waals surface area contributed by atoms with E-state index in [2.05, 4.69) is 25.4 Å². The molecule has 3 aromatic heterocycles. The number of hydrogen-bond acceptors (Lipinski definition) is 7. The number of aromatic nitrogens is 5. The van der Waals surface area contributed by atoms with Crippen molar-refractivity contribution in [3.63, 3.8) is 0 Å². The zero-order valence-corrected chi connectivity index (χ0v) is 18.9. The van der Waals surface area contributed by atoms with Crippen molar-refractivity contribution >= 4 is 29.5 Å². The molecule has 1 saturated carbocycles. The molecule has 0 amide bonds. The predicted octanol–water partition coefficient (Wildman–Crippen LogP) is 4.32. The molecule has 178 valence electrons. The van der Waals surface area contributed by atoms with E-state index in [1.807, 2.05) is 6.92 Å². The van der Waals surface area contributed by atoms with Crippen LogP contribution in [-0.2, 0) is 6.18 Å². The number of aldehydes is 1. The fourth-order valence-electron chi connectivity index (χ4n) is 4.95. The highest BCUT2D eigenvalue weighted by Crippen LogP contribution is 2.41. The fourth-order valence-corrected chi connectivity index (χ4v) is 5.17. The zero-order valence-electron chi connectivity index (χ0n) is 18.1. The third kappa shape index (κ3) is 4.08. The predicted molar refractivity (Wildman–Crippen MR) is 119 cm³/mol. The van der Waals surface area contributed by atoms with Gasteiger partial charge in [0.05, 0.1) is 34.6 Å². The molecule has 12 heteroatoms. The van der Waals surface area contributed by atoms with E-state index in [4.69, 9.17) is 16.6 Å². The summed E-state index contributed by atoms with van der Waals surface area (Å²) in [5.74, 6) is 1.67. The summed E-state index contributed by atoms with van der Waals surface area (Å²) < 4.78 is 38.9. The number of pyridine rings is 2. The SMILES string of the molecule is Cc1cc(C=O)c(-n2nccn2)nc1N1C[C@@H]2CC[C@H]1[C@H](Nc1ncc(C(F)(F)F)cc1Cl)C2. The summed E-state index contributed by atoms with van der Waals surface area (Å²) in [6, 6.07) is 2.61. The van der Waals surface area contributed by atoms with Crippen LogP contribution >= 0.6 is 11.6 Å². The van der Waals surface area contributed by atoms with Gasteiger partial charge in [-0.2, -0.15) is 23.4 Å². The van der Waals surface area contributed by atoms with Crippen molar-refractivity contribution in [1.29, 1.82) is 0 Å². The molecule has 0 spiro atoms. The van der Waals surface area contributed by atoms with Crippen molar-refractivity contribution in [3.8, 4) is 5.82 Å². The van der Waals surface area contributed by atoms with E-state index >= 15 is 0 Å². The van der Waals surface area contributed by atoms with Gasteiger partial charge in [-0.05, 0) is 49.8 Å². The molecule has 2 aliphatic heterocycles.